The monoisotopic (exact) mass is 376 g/mol. The van der Waals surface area contributed by atoms with E-state index in [2.05, 4.69) is 27.1 Å². The molecule has 144 valence electrons. The van der Waals surface area contributed by atoms with Crippen LogP contribution in [-0.4, -0.2) is 33.2 Å². The molecule has 0 bridgehead atoms. The van der Waals surface area contributed by atoms with Crippen molar-refractivity contribution in [3.05, 3.63) is 60.0 Å². The van der Waals surface area contributed by atoms with E-state index in [-0.39, 0.29) is 11.9 Å². The van der Waals surface area contributed by atoms with Crippen molar-refractivity contribution >= 4 is 27.8 Å². The molecule has 0 aliphatic rings. The first-order valence-corrected chi connectivity index (χ1v) is 9.30. The molecule has 2 aromatic heterocycles. The van der Waals surface area contributed by atoms with E-state index in [1.54, 1.807) is 13.4 Å². The highest BCUT2D eigenvalue weighted by Crippen LogP contribution is 2.26. The Hall–Kier alpha value is -3.28. The summed E-state index contributed by atoms with van der Waals surface area (Å²) in [7, 11) is 5.64. The third kappa shape index (κ3) is 3.22. The molecule has 0 unspecified atom stereocenters. The summed E-state index contributed by atoms with van der Waals surface area (Å²) in [6, 6.07) is 11.7. The number of fused-ring (bicyclic) bond motifs is 2. The number of carbonyl (C=O) groups excluding carboxylic acids is 1. The van der Waals surface area contributed by atoms with Crippen molar-refractivity contribution in [1.29, 1.82) is 0 Å². The number of nitrogens with zero attached hydrogens (tertiary/aromatic N) is 3. The van der Waals surface area contributed by atoms with Gasteiger partial charge >= 0.3 is 0 Å². The van der Waals surface area contributed by atoms with Gasteiger partial charge in [0.25, 0.3) is 5.91 Å². The van der Waals surface area contributed by atoms with Gasteiger partial charge in [-0.15, -0.1) is 0 Å². The van der Waals surface area contributed by atoms with Crippen molar-refractivity contribution in [3.8, 4) is 5.75 Å². The number of imidazole rings is 1. The lowest BCUT2D eigenvalue weighted by atomic mass is 10.1. The SMILES string of the molecule is COc1ccc2c(c1)c(C[C@@H](C)NC(=O)c1ccc3c(c1)ncn3C)cn2C. The molecule has 2 heterocycles. The molecule has 0 saturated carbocycles. The number of benzene rings is 2. The average molecular weight is 376 g/mol. The fourth-order valence-electron chi connectivity index (χ4n) is 3.71. The van der Waals surface area contributed by atoms with Crippen molar-refractivity contribution < 1.29 is 9.53 Å². The summed E-state index contributed by atoms with van der Waals surface area (Å²) in [6.07, 6.45) is 4.61. The summed E-state index contributed by atoms with van der Waals surface area (Å²) in [6.45, 7) is 2.02. The lowest BCUT2D eigenvalue weighted by Crippen LogP contribution is -2.34. The Kier molecular flexibility index (Phi) is 4.55. The van der Waals surface area contributed by atoms with Crippen LogP contribution < -0.4 is 10.1 Å². The smallest absolute Gasteiger partial charge is 0.251 e. The number of amides is 1. The fraction of sp³-hybridized carbons (Fsp3) is 0.273. The maximum Gasteiger partial charge on any atom is 0.251 e. The average Bonchev–Trinajstić information content (AvgIpc) is 3.21. The largest absolute Gasteiger partial charge is 0.497 e. The number of hydrogen-bond donors (Lipinski definition) is 1. The van der Waals surface area contributed by atoms with E-state index in [0.717, 1.165) is 34.1 Å². The lowest BCUT2D eigenvalue weighted by Gasteiger charge is -2.14. The van der Waals surface area contributed by atoms with Gasteiger partial charge in [0.15, 0.2) is 0 Å². The number of nitrogens with one attached hydrogen (secondary N) is 1. The second-order valence-corrected chi connectivity index (χ2v) is 7.29. The van der Waals surface area contributed by atoms with Crippen molar-refractivity contribution in [3.63, 3.8) is 0 Å². The normalized spacial score (nSPS) is 12.4. The maximum absolute atomic E-state index is 12.7. The third-order valence-corrected chi connectivity index (χ3v) is 5.17. The second kappa shape index (κ2) is 7.03. The molecule has 2 aromatic carbocycles. The van der Waals surface area contributed by atoms with E-state index in [0.29, 0.717) is 5.56 Å². The molecular weight excluding hydrogens is 352 g/mol. The van der Waals surface area contributed by atoms with Gasteiger partial charge in [-0.05, 0) is 55.3 Å². The summed E-state index contributed by atoms with van der Waals surface area (Å²) < 4.78 is 9.41. The molecule has 28 heavy (non-hydrogen) atoms. The minimum Gasteiger partial charge on any atom is -0.497 e. The Balaban J connectivity index is 1.52. The molecule has 4 rings (SSSR count). The molecular formula is C22H24N4O2. The van der Waals surface area contributed by atoms with E-state index in [1.165, 1.54) is 5.56 Å². The van der Waals surface area contributed by atoms with Crippen molar-refractivity contribution in [1.82, 2.24) is 19.4 Å². The number of aryl methyl sites for hydroxylation is 2. The molecule has 0 aliphatic carbocycles. The topological polar surface area (TPSA) is 61.1 Å². The quantitative estimate of drug-likeness (QED) is 0.580. The molecule has 1 N–H and O–H groups in total. The van der Waals surface area contributed by atoms with E-state index in [9.17, 15) is 4.79 Å². The van der Waals surface area contributed by atoms with Gasteiger partial charge < -0.3 is 19.2 Å². The molecule has 0 spiro atoms. The maximum atomic E-state index is 12.7. The first-order valence-electron chi connectivity index (χ1n) is 9.30. The van der Waals surface area contributed by atoms with Gasteiger partial charge in [-0.3, -0.25) is 4.79 Å². The van der Waals surface area contributed by atoms with Gasteiger partial charge in [0.1, 0.15) is 5.75 Å². The zero-order valence-corrected chi connectivity index (χ0v) is 16.6. The first-order chi connectivity index (χ1) is 13.5. The predicted octanol–water partition coefficient (Wildman–Crippen LogP) is 3.43. The van der Waals surface area contributed by atoms with Crippen LogP contribution in [0.15, 0.2) is 48.9 Å². The molecule has 6 heteroatoms. The molecule has 6 nitrogen and oxygen atoms in total. The summed E-state index contributed by atoms with van der Waals surface area (Å²) >= 11 is 0. The molecule has 4 aromatic rings. The highest BCUT2D eigenvalue weighted by Gasteiger charge is 2.15. The van der Waals surface area contributed by atoms with Crippen LogP contribution in [0.5, 0.6) is 5.75 Å². The minimum atomic E-state index is -0.0853. The summed E-state index contributed by atoms with van der Waals surface area (Å²) in [5.41, 5.74) is 4.79. The van der Waals surface area contributed by atoms with E-state index >= 15 is 0 Å². The number of hydrogen-bond acceptors (Lipinski definition) is 3. The minimum absolute atomic E-state index is 0.0104. The molecule has 0 fully saturated rings. The molecule has 1 atom stereocenters. The molecule has 0 aliphatic heterocycles. The van der Waals surface area contributed by atoms with Crippen LogP contribution in [0.2, 0.25) is 0 Å². The predicted molar refractivity (Wildman–Crippen MR) is 111 cm³/mol. The Morgan fingerprint density at radius 2 is 1.93 bits per heavy atom. The number of aromatic nitrogens is 3. The Morgan fingerprint density at radius 3 is 2.71 bits per heavy atom. The zero-order chi connectivity index (χ0) is 19.8. The number of rotatable bonds is 5. The van der Waals surface area contributed by atoms with E-state index in [1.807, 2.05) is 55.9 Å². The van der Waals surface area contributed by atoms with Crippen LogP contribution in [0.3, 0.4) is 0 Å². The van der Waals surface area contributed by atoms with Crippen LogP contribution in [0.1, 0.15) is 22.8 Å². The van der Waals surface area contributed by atoms with Crippen molar-refractivity contribution in [2.75, 3.05) is 7.11 Å². The Morgan fingerprint density at radius 1 is 1.14 bits per heavy atom. The van der Waals surface area contributed by atoms with Gasteiger partial charge in [0, 0.05) is 42.8 Å². The van der Waals surface area contributed by atoms with Crippen molar-refractivity contribution in [2.45, 2.75) is 19.4 Å². The highest BCUT2D eigenvalue weighted by molar-refractivity contribution is 5.97. The van der Waals surface area contributed by atoms with Crippen molar-refractivity contribution in [2.24, 2.45) is 14.1 Å². The molecule has 0 radical (unpaired) electrons. The molecule has 0 saturated heterocycles. The summed E-state index contributed by atoms with van der Waals surface area (Å²) in [4.78, 5) is 17.0. The molecule has 1 amide bonds. The van der Waals surface area contributed by atoms with E-state index < -0.39 is 0 Å². The van der Waals surface area contributed by atoms with Gasteiger partial charge in [-0.25, -0.2) is 4.98 Å². The summed E-state index contributed by atoms with van der Waals surface area (Å²) in [5, 5.41) is 4.26. The number of methoxy groups -OCH3 is 1. The van der Waals surface area contributed by atoms with Gasteiger partial charge in [0.05, 0.1) is 24.5 Å². The number of ether oxygens (including phenoxy) is 1. The van der Waals surface area contributed by atoms with Crippen LogP contribution in [0.25, 0.3) is 21.9 Å². The highest BCUT2D eigenvalue weighted by atomic mass is 16.5. The first kappa shape index (κ1) is 18.1. The fourth-order valence-corrected chi connectivity index (χ4v) is 3.71. The van der Waals surface area contributed by atoms with Crippen LogP contribution in [0, 0.1) is 0 Å². The Bertz CT molecular complexity index is 1170. The lowest BCUT2D eigenvalue weighted by molar-refractivity contribution is 0.0940. The Labute approximate surface area is 163 Å². The van der Waals surface area contributed by atoms with E-state index in [4.69, 9.17) is 4.74 Å². The second-order valence-electron chi connectivity index (χ2n) is 7.29. The zero-order valence-electron chi connectivity index (χ0n) is 16.6. The standard InChI is InChI=1S/C22H24N4O2/c1-14(9-16-12-25(2)20-8-6-17(28-4)11-18(16)20)24-22(27)15-5-7-21-19(10-15)23-13-26(21)3/h5-8,10-14H,9H2,1-4H3,(H,24,27)/t14-/m1/s1. The van der Waals surface area contributed by atoms with Crippen LogP contribution in [-0.2, 0) is 20.5 Å². The van der Waals surface area contributed by atoms with Gasteiger partial charge in [0.2, 0.25) is 0 Å². The third-order valence-electron chi connectivity index (χ3n) is 5.17. The number of carbonyl (C=O) groups is 1. The van der Waals surface area contributed by atoms with Crippen LogP contribution >= 0.6 is 0 Å². The van der Waals surface area contributed by atoms with Gasteiger partial charge in [-0.1, -0.05) is 0 Å². The van der Waals surface area contributed by atoms with Crippen LogP contribution in [0.4, 0.5) is 0 Å². The summed E-state index contributed by atoms with van der Waals surface area (Å²) in [5.74, 6) is 0.748. The van der Waals surface area contributed by atoms with Gasteiger partial charge in [-0.2, -0.15) is 0 Å².